The third-order valence-electron chi connectivity index (χ3n) is 4.01. The first-order valence-corrected chi connectivity index (χ1v) is 9.31. The lowest BCUT2D eigenvalue weighted by Gasteiger charge is -2.33. The monoisotopic (exact) mass is 445 g/mol. The van der Waals surface area contributed by atoms with Crippen molar-refractivity contribution in [2.24, 2.45) is 0 Å². The van der Waals surface area contributed by atoms with Gasteiger partial charge in [-0.3, -0.25) is 4.31 Å². The highest BCUT2D eigenvalue weighted by Crippen LogP contribution is 2.50. The Hall–Kier alpha value is -2.34. The summed E-state index contributed by atoms with van der Waals surface area (Å²) in [7, 11) is -4.34. The van der Waals surface area contributed by atoms with E-state index in [9.17, 15) is 44.3 Å². The standard InChI is InChI=1S/C17H14F7NO3S/c18-10-11-25(29(27,28)14-4-2-1-3-5-14)13-8-6-12(7-9-13)15(26,16(19,20)21)17(22,23)24/h1-9,26H,10-11H2. The lowest BCUT2D eigenvalue weighted by atomic mass is 9.92. The minimum Gasteiger partial charge on any atom is -0.369 e. The topological polar surface area (TPSA) is 57.6 Å². The van der Waals surface area contributed by atoms with Crippen molar-refractivity contribution < 1.29 is 44.3 Å². The zero-order chi connectivity index (χ0) is 22.1. The molecule has 29 heavy (non-hydrogen) atoms. The summed E-state index contributed by atoms with van der Waals surface area (Å²) in [4.78, 5) is -0.250. The molecule has 0 saturated heterocycles. The molecular formula is C17H14F7NO3S. The predicted octanol–water partition coefficient (Wildman–Crippen LogP) is 4.16. The van der Waals surface area contributed by atoms with Gasteiger partial charge in [0.1, 0.15) is 6.67 Å². The van der Waals surface area contributed by atoms with Crippen LogP contribution < -0.4 is 4.31 Å². The van der Waals surface area contributed by atoms with Crippen LogP contribution in [0.1, 0.15) is 5.56 Å². The smallest absolute Gasteiger partial charge is 0.369 e. The number of rotatable bonds is 6. The maximum absolute atomic E-state index is 13.0. The van der Waals surface area contributed by atoms with Crippen molar-refractivity contribution in [1.82, 2.24) is 0 Å². The molecule has 0 amide bonds. The van der Waals surface area contributed by atoms with Crippen molar-refractivity contribution in [3.8, 4) is 0 Å². The van der Waals surface area contributed by atoms with Crippen molar-refractivity contribution in [3.05, 3.63) is 60.2 Å². The van der Waals surface area contributed by atoms with Crippen molar-refractivity contribution >= 4 is 15.7 Å². The van der Waals surface area contributed by atoms with Crippen molar-refractivity contribution in [3.63, 3.8) is 0 Å². The fraction of sp³-hybridized carbons (Fsp3) is 0.294. The average Bonchev–Trinajstić information content (AvgIpc) is 2.64. The minimum atomic E-state index is -6.08. The van der Waals surface area contributed by atoms with Gasteiger partial charge in [0, 0.05) is 5.56 Å². The molecule has 0 unspecified atom stereocenters. The zero-order valence-corrected chi connectivity index (χ0v) is 15.2. The van der Waals surface area contributed by atoms with Crippen LogP contribution >= 0.6 is 0 Å². The lowest BCUT2D eigenvalue weighted by molar-refractivity contribution is -0.376. The maximum Gasteiger partial charge on any atom is 0.430 e. The summed E-state index contributed by atoms with van der Waals surface area (Å²) in [5.41, 5.74) is -7.08. The molecule has 160 valence electrons. The zero-order valence-electron chi connectivity index (χ0n) is 14.4. The molecule has 0 aliphatic rings. The summed E-state index contributed by atoms with van der Waals surface area (Å²) in [6, 6.07) is 8.53. The van der Waals surface area contributed by atoms with E-state index < -0.39 is 46.8 Å². The SMILES string of the molecule is O=S(=O)(c1ccccc1)N(CCF)c1ccc(C(O)(C(F)(F)F)C(F)(F)F)cc1. The summed E-state index contributed by atoms with van der Waals surface area (Å²) >= 11 is 0. The number of hydrogen-bond acceptors (Lipinski definition) is 3. The Balaban J connectivity index is 2.53. The van der Waals surface area contributed by atoms with Crippen LogP contribution in [0.3, 0.4) is 0 Å². The highest BCUT2D eigenvalue weighted by Gasteiger charge is 2.71. The second-order valence-corrected chi connectivity index (χ2v) is 7.69. The number of sulfonamides is 1. The molecule has 0 spiro atoms. The van der Waals surface area contributed by atoms with Gasteiger partial charge in [0.05, 0.1) is 17.1 Å². The Morgan fingerprint density at radius 2 is 1.31 bits per heavy atom. The number of aliphatic hydroxyl groups is 1. The number of anilines is 1. The molecule has 1 N–H and O–H groups in total. The second-order valence-electron chi connectivity index (χ2n) is 5.83. The summed E-state index contributed by atoms with van der Waals surface area (Å²) < 4.78 is 116. The predicted molar refractivity (Wildman–Crippen MR) is 89.4 cm³/mol. The van der Waals surface area contributed by atoms with E-state index in [4.69, 9.17) is 0 Å². The number of hydrogen-bond donors (Lipinski definition) is 1. The molecule has 0 aliphatic carbocycles. The van der Waals surface area contributed by atoms with Gasteiger partial charge in [0.15, 0.2) is 0 Å². The van der Waals surface area contributed by atoms with Crippen molar-refractivity contribution in [1.29, 1.82) is 0 Å². The van der Waals surface area contributed by atoms with E-state index in [1.54, 1.807) is 0 Å². The molecule has 2 rings (SSSR count). The van der Waals surface area contributed by atoms with E-state index in [0.29, 0.717) is 28.6 Å². The second kappa shape index (κ2) is 7.82. The van der Waals surface area contributed by atoms with Crippen molar-refractivity contribution in [2.75, 3.05) is 17.5 Å². The fourth-order valence-corrected chi connectivity index (χ4v) is 4.01. The van der Waals surface area contributed by atoms with Gasteiger partial charge in [-0.15, -0.1) is 0 Å². The van der Waals surface area contributed by atoms with Gasteiger partial charge in [-0.05, 0) is 24.3 Å². The maximum atomic E-state index is 13.0. The molecule has 12 heteroatoms. The van der Waals surface area contributed by atoms with Gasteiger partial charge in [0.2, 0.25) is 0 Å². The van der Waals surface area contributed by atoms with Gasteiger partial charge < -0.3 is 5.11 Å². The van der Waals surface area contributed by atoms with E-state index in [1.165, 1.54) is 30.3 Å². The molecule has 4 nitrogen and oxygen atoms in total. The van der Waals surface area contributed by atoms with Crippen LogP contribution in [-0.2, 0) is 15.6 Å². The lowest BCUT2D eigenvalue weighted by Crippen LogP contribution is -2.53. The summed E-state index contributed by atoms with van der Waals surface area (Å²) in [6.07, 6.45) is -12.2. The van der Waals surface area contributed by atoms with Crippen LogP contribution in [0.15, 0.2) is 59.5 Å². The van der Waals surface area contributed by atoms with Crippen molar-refractivity contribution in [2.45, 2.75) is 22.8 Å². The molecule has 2 aromatic carbocycles. The largest absolute Gasteiger partial charge is 0.430 e. The van der Waals surface area contributed by atoms with Crippen LogP contribution in [-0.4, -0.2) is 39.1 Å². The first kappa shape index (κ1) is 22.9. The summed E-state index contributed by atoms with van der Waals surface area (Å²) in [5.74, 6) is 0. The molecule has 2 aromatic rings. The van der Waals surface area contributed by atoms with Gasteiger partial charge in [-0.25, -0.2) is 12.8 Å². The Kier molecular flexibility index (Phi) is 6.19. The van der Waals surface area contributed by atoms with E-state index in [1.807, 2.05) is 0 Å². The third-order valence-corrected chi connectivity index (χ3v) is 5.85. The quantitative estimate of drug-likeness (QED) is 0.680. The highest BCUT2D eigenvalue weighted by molar-refractivity contribution is 7.92. The highest BCUT2D eigenvalue weighted by atomic mass is 32.2. The van der Waals surface area contributed by atoms with Gasteiger partial charge in [-0.2, -0.15) is 26.3 Å². The number of alkyl halides is 7. The summed E-state index contributed by atoms with van der Waals surface area (Å²) in [6.45, 7) is -1.89. The Labute approximate surface area is 161 Å². The molecule has 0 aromatic heterocycles. The van der Waals surface area contributed by atoms with Crippen LogP contribution in [0.2, 0.25) is 0 Å². The Morgan fingerprint density at radius 1 is 0.828 bits per heavy atom. The first-order chi connectivity index (χ1) is 13.3. The summed E-state index contributed by atoms with van der Waals surface area (Å²) in [5, 5.41) is 9.38. The first-order valence-electron chi connectivity index (χ1n) is 7.87. The molecular weight excluding hydrogens is 431 g/mol. The third kappa shape index (κ3) is 4.17. The molecule has 0 aliphatic heterocycles. The average molecular weight is 445 g/mol. The molecule has 0 heterocycles. The Bertz CT molecular complexity index is 912. The molecule has 0 atom stereocenters. The van der Waals surface area contributed by atoms with E-state index in [-0.39, 0.29) is 10.6 Å². The Morgan fingerprint density at radius 3 is 1.72 bits per heavy atom. The minimum absolute atomic E-state index is 0.250. The van der Waals surface area contributed by atoms with E-state index >= 15 is 0 Å². The van der Waals surface area contributed by atoms with Crippen LogP contribution in [0.4, 0.5) is 36.4 Å². The van der Waals surface area contributed by atoms with Gasteiger partial charge in [-0.1, -0.05) is 30.3 Å². The van der Waals surface area contributed by atoms with Crippen LogP contribution in [0.25, 0.3) is 0 Å². The van der Waals surface area contributed by atoms with Gasteiger partial charge in [0.25, 0.3) is 15.6 Å². The molecule has 0 bridgehead atoms. The fourth-order valence-electron chi connectivity index (χ4n) is 2.54. The molecule has 0 radical (unpaired) electrons. The van der Waals surface area contributed by atoms with E-state index in [2.05, 4.69) is 0 Å². The molecule has 0 saturated carbocycles. The number of nitrogens with zero attached hydrogens (tertiary/aromatic N) is 1. The number of halogens is 7. The number of benzene rings is 2. The van der Waals surface area contributed by atoms with E-state index in [0.717, 1.165) is 0 Å². The van der Waals surface area contributed by atoms with Gasteiger partial charge >= 0.3 is 12.4 Å². The normalized spacial score (nSPS) is 13.4. The van der Waals surface area contributed by atoms with Crippen LogP contribution in [0, 0.1) is 0 Å². The van der Waals surface area contributed by atoms with Crippen LogP contribution in [0.5, 0.6) is 0 Å². The molecule has 0 fully saturated rings.